The van der Waals surface area contributed by atoms with Gasteiger partial charge in [0.25, 0.3) is 5.91 Å². The van der Waals surface area contributed by atoms with Crippen LogP contribution in [0, 0.1) is 6.92 Å². The number of aromatic nitrogens is 2. The largest absolute Gasteiger partial charge is 0.376 e. The molecule has 0 spiro atoms. The molecule has 1 N–H and O–H groups in total. The van der Waals surface area contributed by atoms with E-state index in [0.29, 0.717) is 26.2 Å². The Bertz CT molecular complexity index is 774. The Morgan fingerprint density at radius 1 is 1.21 bits per heavy atom. The second-order valence-electron chi connectivity index (χ2n) is 6.94. The Labute approximate surface area is 165 Å². The fourth-order valence-corrected chi connectivity index (χ4v) is 3.10. The number of nitrogens with one attached hydrogen (secondary N) is 1. The lowest BCUT2D eigenvalue weighted by Gasteiger charge is -2.25. The van der Waals surface area contributed by atoms with Crippen LogP contribution in [-0.4, -0.2) is 52.5 Å². The first-order valence-corrected chi connectivity index (χ1v) is 9.62. The van der Waals surface area contributed by atoms with Gasteiger partial charge >= 0.3 is 0 Å². The molecule has 7 nitrogen and oxygen atoms in total. The Morgan fingerprint density at radius 2 is 2.04 bits per heavy atom. The van der Waals surface area contributed by atoms with Crippen LogP contribution in [-0.2, 0) is 16.1 Å². The molecule has 28 heavy (non-hydrogen) atoms. The first-order chi connectivity index (χ1) is 13.6. The van der Waals surface area contributed by atoms with Crippen molar-refractivity contribution in [2.75, 3.05) is 19.7 Å². The van der Waals surface area contributed by atoms with Crippen LogP contribution < -0.4 is 5.32 Å². The van der Waals surface area contributed by atoms with Crippen LogP contribution in [0.25, 0.3) is 0 Å². The fourth-order valence-electron chi connectivity index (χ4n) is 3.10. The SMILES string of the molecule is Cc1cnc(C(=O)N(CCC(=O)NCc2ccccc2)CC2CCCO2)cn1. The van der Waals surface area contributed by atoms with Crippen molar-refractivity contribution >= 4 is 11.8 Å². The smallest absolute Gasteiger partial charge is 0.274 e. The summed E-state index contributed by atoms with van der Waals surface area (Å²) in [5, 5.41) is 2.90. The second kappa shape index (κ2) is 9.94. The van der Waals surface area contributed by atoms with Crippen molar-refractivity contribution in [1.29, 1.82) is 0 Å². The van der Waals surface area contributed by atoms with E-state index >= 15 is 0 Å². The van der Waals surface area contributed by atoms with Crippen molar-refractivity contribution in [3.8, 4) is 0 Å². The molecule has 1 aromatic heterocycles. The normalized spacial score (nSPS) is 16.0. The second-order valence-corrected chi connectivity index (χ2v) is 6.94. The third kappa shape index (κ3) is 5.85. The molecule has 2 aromatic rings. The van der Waals surface area contributed by atoms with Gasteiger partial charge in [-0.25, -0.2) is 4.98 Å². The minimum atomic E-state index is -0.223. The van der Waals surface area contributed by atoms with Crippen LogP contribution in [0.3, 0.4) is 0 Å². The molecule has 1 fully saturated rings. The molecule has 0 radical (unpaired) electrons. The average molecular weight is 382 g/mol. The Balaban J connectivity index is 1.57. The summed E-state index contributed by atoms with van der Waals surface area (Å²) in [4.78, 5) is 35.1. The fraction of sp³-hybridized carbons (Fsp3) is 0.429. The van der Waals surface area contributed by atoms with Gasteiger partial charge in [0.1, 0.15) is 5.69 Å². The topological polar surface area (TPSA) is 84.4 Å². The van der Waals surface area contributed by atoms with Crippen LogP contribution >= 0.6 is 0 Å². The summed E-state index contributed by atoms with van der Waals surface area (Å²) in [5.41, 5.74) is 2.08. The molecular weight excluding hydrogens is 356 g/mol. The zero-order valence-corrected chi connectivity index (χ0v) is 16.1. The third-order valence-electron chi connectivity index (χ3n) is 4.68. The van der Waals surface area contributed by atoms with Crippen molar-refractivity contribution in [1.82, 2.24) is 20.2 Å². The molecule has 1 unspecified atom stereocenters. The summed E-state index contributed by atoms with van der Waals surface area (Å²) >= 11 is 0. The quantitative estimate of drug-likeness (QED) is 0.756. The number of aryl methyl sites for hydroxylation is 1. The molecule has 148 valence electrons. The van der Waals surface area contributed by atoms with E-state index in [1.54, 1.807) is 11.1 Å². The summed E-state index contributed by atoms with van der Waals surface area (Å²) in [5.74, 6) is -0.317. The molecule has 2 heterocycles. The van der Waals surface area contributed by atoms with Gasteiger partial charge in [-0.2, -0.15) is 0 Å². The number of benzene rings is 1. The first-order valence-electron chi connectivity index (χ1n) is 9.62. The highest BCUT2D eigenvalue weighted by Crippen LogP contribution is 2.15. The Kier molecular flexibility index (Phi) is 7.08. The van der Waals surface area contributed by atoms with Gasteiger partial charge in [-0.05, 0) is 25.3 Å². The number of ether oxygens (including phenoxy) is 1. The van der Waals surface area contributed by atoms with Gasteiger partial charge in [-0.15, -0.1) is 0 Å². The summed E-state index contributed by atoms with van der Waals surface area (Å²) in [7, 11) is 0. The predicted molar refractivity (Wildman–Crippen MR) is 105 cm³/mol. The molecule has 1 aromatic carbocycles. The highest BCUT2D eigenvalue weighted by Gasteiger charge is 2.24. The van der Waals surface area contributed by atoms with Crippen LogP contribution in [0.5, 0.6) is 0 Å². The number of nitrogens with zero attached hydrogens (tertiary/aromatic N) is 3. The predicted octanol–water partition coefficient (Wildman–Crippen LogP) is 2.11. The lowest BCUT2D eigenvalue weighted by molar-refractivity contribution is -0.121. The van der Waals surface area contributed by atoms with E-state index in [2.05, 4.69) is 15.3 Å². The standard InChI is InChI=1S/C21H26N4O3/c1-16-12-23-19(14-22-16)21(27)25(15-18-8-5-11-28-18)10-9-20(26)24-13-17-6-3-2-4-7-17/h2-4,6-7,12,14,18H,5,8-11,13,15H2,1H3,(H,24,26). The van der Waals surface area contributed by atoms with E-state index in [4.69, 9.17) is 4.74 Å². The van der Waals surface area contributed by atoms with Crippen molar-refractivity contribution in [3.05, 3.63) is 59.7 Å². The van der Waals surface area contributed by atoms with E-state index < -0.39 is 0 Å². The van der Waals surface area contributed by atoms with Crippen molar-refractivity contribution in [3.63, 3.8) is 0 Å². The zero-order valence-electron chi connectivity index (χ0n) is 16.1. The number of carbonyl (C=O) groups excluding carboxylic acids is 2. The third-order valence-corrected chi connectivity index (χ3v) is 4.68. The van der Waals surface area contributed by atoms with Gasteiger partial charge in [0.2, 0.25) is 5.91 Å². The monoisotopic (exact) mass is 382 g/mol. The molecule has 0 bridgehead atoms. The van der Waals surface area contributed by atoms with E-state index in [1.165, 1.54) is 6.20 Å². The number of carbonyl (C=O) groups is 2. The number of amides is 2. The Morgan fingerprint density at radius 3 is 2.71 bits per heavy atom. The molecule has 1 aliphatic heterocycles. The minimum Gasteiger partial charge on any atom is -0.376 e. The molecule has 1 atom stereocenters. The van der Waals surface area contributed by atoms with Crippen LogP contribution in [0.4, 0.5) is 0 Å². The van der Waals surface area contributed by atoms with Crippen molar-refractivity contribution in [2.24, 2.45) is 0 Å². The van der Waals surface area contributed by atoms with Crippen molar-refractivity contribution in [2.45, 2.75) is 38.8 Å². The summed E-state index contributed by atoms with van der Waals surface area (Å²) in [6.07, 6.45) is 5.21. The van der Waals surface area contributed by atoms with Gasteiger partial charge in [0.05, 0.1) is 18.0 Å². The lowest BCUT2D eigenvalue weighted by Crippen LogP contribution is -2.40. The maximum atomic E-state index is 12.9. The minimum absolute atomic E-state index is 0.00902. The molecule has 1 aliphatic rings. The molecule has 0 aliphatic carbocycles. The van der Waals surface area contributed by atoms with Gasteiger partial charge in [0, 0.05) is 38.9 Å². The van der Waals surface area contributed by atoms with E-state index in [9.17, 15) is 9.59 Å². The highest BCUT2D eigenvalue weighted by atomic mass is 16.5. The summed E-state index contributed by atoms with van der Waals surface area (Å²) in [6, 6.07) is 9.74. The van der Waals surface area contributed by atoms with Gasteiger partial charge < -0.3 is 15.0 Å². The molecule has 0 saturated carbocycles. The van der Waals surface area contributed by atoms with Gasteiger partial charge in [0.15, 0.2) is 0 Å². The van der Waals surface area contributed by atoms with Gasteiger partial charge in [-0.3, -0.25) is 14.6 Å². The number of hydrogen-bond acceptors (Lipinski definition) is 5. The van der Waals surface area contributed by atoms with Crippen LogP contribution in [0.1, 0.15) is 41.0 Å². The van der Waals surface area contributed by atoms with Gasteiger partial charge in [-0.1, -0.05) is 30.3 Å². The summed E-state index contributed by atoms with van der Waals surface area (Å²) < 4.78 is 5.67. The maximum Gasteiger partial charge on any atom is 0.274 e. The molecule has 3 rings (SSSR count). The lowest BCUT2D eigenvalue weighted by atomic mass is 10.2. The maximum absolute atomic E-state index is 12.9. The van der Waals surface area contributed by atoms with E-state index in [-0.39, 0.29) is 30.0 Å². The van der Waals surface area contributed by atoms with E-state index in [1.807, 2.05) is 37.3 Å². The summed E-state index contributed by atoms with van der Waals surface area (Å²) in [6.45, 7) is 3.79. The first kappa shape index (κ1) is 19.9. The molecule has 1 saturated heterocycles. The molecule has 7 heteroatoms. The molecule has 2 amide bonds. The highest BCUT2D eigenvalue weighted by molar-refractivity contribution is 5.92. The van der Waals surface area contributed by atoms with Crippen LogP contribution in [0.2, 0.25) is 0 Å². The van der Waals surface area contributed by atoms with Crippen LogP contribution in [0.15, 0.2) is 42.7 Å². The molecular formula is C21H26N4O3. The van der Waals surface area contributed by atoms with Crippen molar-refractivity contribution < 1.29 is 14.3 Å². The average Bonchev–Trinajstić information content (AvgIpc) is 3.23. The number of hydrogen-bond donors (Lipinski definition) is 1. The number of rotatable bonds is 8. The zero-order chi connectivity index (χ0) is 19.8. The Hall–Kier alpha value is -2.80. The van der Waals surface area contributed by atoms with E-state index in [0.717, 1.165) is 24.1 Å².